The number of imidazole rings is 1. The first-order chi connectivity index (χ1) is 9.27. The Morgan fingerprint density at radius 1 is 1.60 bits per heavy atom. The van der Waals surface area contributed by atoms with Crippen molar-refractivity contribution in [3.05, 3.63) is 12.0 Å². The molecular formula is C11H18ClN3O4S. The first-order valence-electron chi connectivity index (χ1n) is 6.04. The van der Waals surface area contributed by atoms with Gasteiger partial charge in [-0.3, -0.25) is 4.79 Å². The van der Waals surface area contributed by atoms with Crippen LogP contribution < -0.4 is 5.32 Å². The Bertz CT molecular complexity index is 570. The van der Waals surface area contributed by atoms with Crippen LogP contribution in [0.25, 0.3) is 0 Å². The predicted molar refractivity (Wildman–Crippen MR) is 74.2 cm³/mol. The second-order valence-corrected chi connectivity index (χ2v) is 6.80. The van der Waals surface area contributed by atoms with E-state index in [2.05, 4.69) is 10.3 Å². The van der Waals surface area contributed by atoms with E-state index in [0.717, 1.165) is 0 Å². The Labute approximate surface area is 122 Å². The number of ether oxygens (including phenoxy) is 1. The van der Waals surface area contributed by atoms with Crippen LogP contribution in [0, 0.1) is 6.92 Å². The lowest BCUT2D eigenvalue weighted by molar-refractivity contribution is -0.123. The number of halogens is 1. The standard InChI is InChI=1S/C11H18ClN3O4S/c1-8(11(16)13-5-4-6-19-3)15-7-10(14-9(15)2)20(12,17)18/h7-8H,4-6H2,1-3H3,(H,13,16). The molecule has 0 aliphatic heterocycles. The highest BCUT2D eigenvalue weighted by atomic mass is 35.7. The van der Waals surface area contributed by atoms with Crippen molar-refractivity contribution in [2.24, 2.45) is 0 Å². The fourth-order valence-corrected chi connectivity index (χ4v) is 2.37. The number of aromatic nitrogens is 2. The summed E-state index contributed by atoms with van der Waals surface area (Å²) < 4.78 is 28.8. The van der Waals surface area contributed by atoms with E-state index in [-0.39, 0.29) is 10.9 Å². The highest BCUT2D eigenvalue weighted by Gasteiger charge is 2.21. The number of methoxy groups -OCH3 is 1. The maximum absolute atomic E-state index is 11.9. The Balaban J connectivity index is 2.74. The average Bonchev–Trinajstić information content (AvgIpc) is 2.75. The van der Waals surface area contributed by atoms with Gasteiger partial charge in [-0.2, -0.15) is 0 Å². The fourth-order valence-electron chi connectivity index (χ4n) is 1.67. The van der Waals surface area contributed by atoms with Gasteiger partial charge in [-0.15, -0.1) is 0 Å². The molecule has 1 amide bonds. The minimum Gasteiger partial charge on any atom is -0.385 e. The lowest BCUT2D eigenvalue weighted by atomic mass is 10.3. The van der Waals surface area contributed by atoms with Crippen molar-refractivity contribution in [1.82, 2.24) is 14.9 Å². The zero-order valence-corrected chi connectivity index (χ0v) is 13.2. The van der Waals surface area contributed by atoms with Gasteiger partial charge in [0.2, 0.25) is 5.91 Å². The molecule has 1 aromatic heterocycles. The smallest absolute Gasteiger partial charge is 0.280 e. The van der Waals surface area contributed by atoms with E-state index in [0.29, 0.717) is 25.4 Å². The van der Waals surface area contributed by atoms with Crippen molar-refractivity contribution in [2.75, 3.05) is 20.3 Å². The molecule has 1 rings (SSSR count). The normalized spacial score (nSPS) is 13.2. The van der Waals surface area contributed by atoms with Crippen LogP contribution in [-0.4, -0.2) is 44.1 Å². The summed E-state index contributed by atoms with van der Waals surface area (Å²) in [5.74, 6) is 0.184. The van der Waals surface area contributed by atoms with E-state index < -0.39 is 15.1 Å². The molecule has 0 radical (unpaired) electrons. The van der Waals surface area contributed by atoms with Crippen LogP contribution >= 0.6 is 10.7 Å². The van der Waals surface area contributed by atoms with Crippen LogP contribution in [0.2, 0.25) is 0 Å². The van der Waals surface area contributed by atoms with Gasteiger partial charge >= 0.3 is 0 Å². The maximum Gasteiger partial charge on any atom is 0.280 e. The molecular weight excluding hydrogens is 306 g/mol. The van der Waals surface area contributed by atoms with Crippen LogP contribution in [-0.2, 0) is 18.6 Å². The average molecular weight is 324 g/mol. The molecule has 1 N–H and O–H groups in total. The van der Waals surface area contributed by atoms with E-state index in [1.807, 2.05) is 0 Å². The lowest BCUT2D eigenvalue weighted by Crippen LogP contribution is -2.32. The van der Waals surface area contributed by atoms with Crippen molar-refractivity contribution in [1.29, 1.82) is 0 Å². The van der Waals surface area contributed by atoms with Crippen LogP contribution in [0.15, 0.2) is 11.2 Å². The van der Waals surface area contributed by atoms with Gasteiger partial charge in [0.05, 0.1) is 0 Å². The third kappa shape index (κ3) is 4.46. The van der Waals surface area contributed by atoms with Gasteiger partial charge in [0.25, 0.3) is 9.05 Å². The summed E-state index contributed by atoms with van der Waals surface area (Å²) in [7, 11) is 2.92. The minimum absolute atomic E-state index is 0.222. The second kappa shape index (κ2) is 7.05. The van der Waals surface area contributed by atoms with Crippen molar-refractivity contribution < 1.29 is 17.9 Å². The zero-order valence-electron chi connectivity index (χ0n) is 11.6. The van der Waals surface area contributed by atoms with Crippen LogP contribution in [0.1, 0.15) is 25.2 Å². The molecule has 9 heteroatoms. The van der Waals surface area contributed by atoms with E-state index in [4.69, 9.17) is 15.4 Å². The Kier molecular flexibility index (Phi) is 5.97. The molecule has 20 heavy (non-hydrogen) atoms. The molecule has 0 bridgehead atoms. The van der Waals surface area contributed by atoms with Gasteiger partial charge in [0, 0.05) is 37.1 Å². The summed E-state index contributed by atoms with van der Waals surface area (Å²) in [5, 5.41) is 2.49. The largest absolute Gasteiger partial charge is 0.385 e. The lowest BCUT2D eigenvalue weighted by Gasteiger charge is -2.14. The monoisotopic (exact) mass is 323 g/mol. The predicted octanol–water partition coefficient (Wildman–Crippen LogP) is 0.833. The molecule has 0 aliphatic carbocycles. The number of carbonyl (C=O) groups is 1. The quantitative estimate of drug-likeness (QED) is 0.593. The van der Waals surface area contributed by atoms with Gasteiger partial charge in [-0.1, -0.05) is 0 Å². The summed E-state index contributed by atoms with van der Waals surface area (Å²) in [6, 6.07) is -0.572. The first-order valence-corrected chi connectivity index (χ1v) is 8.35. The van der Waals surface area contributed by atoms with Gasteiger partial charge in [0.1, 0.15) is 11.9 Å². The minimum atomic E-state index is -3.90. The molecule has 0 aliphatic rings. The third-order valence-electron chi connectivity index (χ3n) is 2.77. The van der Waals surface area contributed by atoms with E-state index >= 15 is 0 Å². The summed E-state index contributed by atoms with van der Waals surface area (Å²) in [5.41, 5.74) is 0. The van der Waals surface area contributed by atoms with Crippen LogP contribution in [0.4, 0.5) is 0 Å². The van der Waals surface area contributed by atoms with Crippen molar-refractivity contribution >= 4 is 25.6 Å². The molecule has 0 aromatic carbocycles. The number of carbonyl (C=O) groups excluding carboxylic acids is 1. The molecule has 7 nitrogen and oxygen atoms in total. The molecule has 1 atom stereocenters. The number of amides is 1. The van der Waals surface area contributed by atoms with Crippen molar-refractivity contribution in [3.63, 3.8) is 0 Å². The molecule has 0 fully saturated rings. The van der Waals surface area contributed by atoms with Gasteiger partial charge in [-0.25, -0.2) is 13.4 Å². The number of rotatable bonds is 7. The van der Waals surface area contributed by atoms with Gasteiger partial charge < -0.3 is 14.6 Å². The number of hydrogen-bond donors (Lipinski definition) is 1. The summed E-state index contributed by atoms with van der Waals surface area (Å²) in [4.78, 5) is 15.8. The van der Waals surface area contributed by atoms with Crippen LogP contribution in [0.5, 0.6) is 0 Å². The zero-order chi connectivity index (χ0) is 15.3. The molecule has 0 spiro atoms. The second-order valence-electron chi connectivity index (χ2n) is 4.28. The Morgan fingerprint density at radius 2 is 2.25 bits per heavy atom. The highest BCUT2D eigenvalue weighted by molar-refractivity contribution is 8.13. The Morgan fingerprint density at radius 3 is 2.75 bits per heavy atom. The first kappa shape index (κ1) is 16.9. The van der Waals surface area contributed by atoms with E-state index in [1.165, 1.54) is 10.8 Å². The molecule has 0 saturated heterocycles. The van der Waals surface area contributed by atoms with E-state index in [1.54, 1.807) is 21.0 Å². The molecule has 1 heterocycles. The molecule has 1 aromatic rings. The van der Waals surface area contributed by atoms with Crippen molar-refractivity contribution in [3.8, 4) is 0 Å². The summed E-state index contributed by atoms with van der Waals surface area (Å²) in [6.07, 6.45) is 1.97. The third-order valence-corrected chi connectivity index (χ3v) is 3.94. The molecule has 0 saturated carbocycles. The number of aryl methyl sites for hydroxylation is 1. The topological polar surface area (TPSA) is 90.3 Å². The fraction of sp³-hybridized carbons (Fsp3) is 0.636. The number of hydrogen-bond acceptors (Lipinski definition) is 5. The molecule has 1 unspecified atom stereocenters. The summed E-state index contributed by atoms with van der Waals surface area (Å²) in [6.45, 7) is 4.32. The van der Waals surface area contributed by atoms with Gasteiger partial charge in [-0.05, 0) is 20.3 Å². The highest BCUT2D eigenvalue weighted by Crippen LogP contribution is 2.17. The SMILES string of the molecule is COCCCNC(=O)C(C)n1cc(S(=O)(=O)Cl)nc1C. The number of nitrogens with one attached hydrogen (secondary N) is 1. The summed E-state index contributed by atoms with van der Waals surface area (Å²) >= 11 is 0. The van der Waals surface area contributed by atoms with E-state index in [9.17, 15) is 13.2 Å². The number of nitrogens with zero attached hydrogens (tertiary/aromatic N) is 2. The Hall–Kier alpha value is -1.12. The maximum atomic E-state index is 11.9. The van der Waals surface area contributed by atoms with Crippen molar-refractivity contribution in [2.45, 2.75) is 31.3 Å². The molecule has 114 valence electrons. The van der Waals surface area contributed by atoms with Gasteiger partial charge in [0.15, 0.2) is 5.03 Å². The van der Waals surface area contributed by atoms with Crippen LogP contribution in [0.3, 0.4) is 0 Å².